The van der Waals surface area contributed by atoms with E-state index in [0.29, 0.717) is 0 Å². The van der Waals surface area contributed by atoms with Gasteiger partial charge in [0, 0.05) is 6.54 Å². The number of benzene rings is 1. The minimum atomic E-state index is -0.188. The van der Waals surface area contributed by atoms with Gasteiger partial charge in [0.2, 0.25) is 5.96 Å². The van der Waals surface area contributed by atoms with Crippen LogP contribution in [0.1, 0.15) is 11.6 Å². The molecule has 1 N–H and O–H groups in total. The van der Waals surface area contributed by atoms with Crippen LogP contribution in [0, 0.1) is 0 Å². The lowest BCUT2D eigenvalue weighted by molar-refractivity contribution is -0.121. The van der Waals surface area contributed by atoms with Gasteiger partial charge in [0.15, 0.2) is 0 Å². The van der Waals surface area contributed by atoms with Crippen LogP contribution in [0.15, 0.2) is 35.3 Å². The van der Waals surface area contributed by atoms with Gasteiger partial charge in [-0.25, -0.2) is 0 Å². The zero-order valence-electron chi connectivity index (χ0n) is 8.18. The minimum absolute atomic E-state index is 0.0275. The Morgan fingerprint density at radius 1 is 1.33 bits per heavy atom. The van der Waals surface area contributed by atoms with Gasteiger partial charge < -0.3 is 4.90 Å². The lowest BCUT2D eigenvalue weighted by Gasteiger charge is -2.18. The van der Waals surface area contributed by atoms with Crippen LogP contribution >= 0.6 is 0 Å². The molecule has 0 aliphatic carbocycles. The van der Waals surface area contributed by atoms with E-state index < -0.39 is 0 Å². The SMILES string of the molecule is O=C1NC2=NCCN2C1c1ccccc1. The van der Waals surface area contributed by atoms with E-state index in [1.54, 1.807) is 0 Å². The summed E-state index contributed by atoms with van der Waals surface area (Å²) in [5, 5.41) is 2.80. The monoisotopic (exact) mass is 201 g/mol. The molecule has 1 aromatic carbocycles. The van der Waals surface area contributed by atoms with E-state index in [4.69, 9.17) is 0 Å². The Labute approximate surface area is 87.6 Å². The third kappa shape index (κ3) is 1.21. The molecule has 1 saturated heterocycles. The Hall–Kier alpha value is -1.84. The fraction of sp³-hybridized carbons (Fsp3) is 0.273. The fourth-order valence-corrected chi connectivity index (χ4v) is 2.11. The number of guanidine groups is 1. The number of nitrogens with one attached hydrogen (secondary N) is 1. The highest BCUT2D eigenvalue weighted by molar-refractivity contribution is 6.07. The van der Waals surface area contributed by atoms with Crippen molar-refractivity contribution in [2.24, 2.45) is 4.99 Å². The number of aliphatic imine (C=N–C) groups is 1. The molecule has 1 atom stereocenters. The van der Waals surface area contributed by atoms with Crippen molar-refractivity contribution in [1.29, 1.82) is 0 Å². The number of amides is 1. The molecule has 2 heterocycles. The largest absolute Gasteiger partial charge is 0.325 e. The van der Waals surface area contributed by atoms with Crippen LogP contribution in [0.2, 0.25) is 0 Å². The number of carbonyl (C=O) groups is 1. The van der Waals surface area contributed by atoms with Crippen molar-refractivity contribution < 1.29 is 4.79 Å². The summed E-state index contributed by atoms with van der Waals surface area (Å²) in [6, 6.07) is 9.63. The second kappa shape index (κ2) is 3.08. The van der Waals surface area contributed by atoms with Crippen LogP contribution in [0.4, 0.5) is 0 Å². The average molecular weight is 201 g/mol. The predicted octanol–water partition coefficient (Wildman–Crippen LogP) is 0.529. The summed E-state index contributed by atoms with van der Waals surface area (Å²) in [6.45, 7) is 1.60. The lowest BCUT2D eigenvalue weighted by Crippen LogP contribution is -2.27. The van der Waals surface area contributed by atoms with Gasteiger partial charge in [-0.2, -0.15) is 0 Å². The van der Waals surface area contributed by atoms with E-state index in [1.165, 1.54) is 0 Å². The summed E-state index contributed by atoms with van der Waals surface area (Å²) in [6.07, 6.45) is 0. The highest BCUT2D eigenvalue weighted by Gasteiger charge is 2.39. The molecule has 1 aromatic rings. The van der Waals surface area contributed by atoms with Crippen molar-refractivity contribution in [2.75, 3.05) is 13.1 Å². The summed E-state index contributed by atoms with van der Waals surface area (Å²) < 4.78 is 0. The van der Waals surface area contributed by atoms with Gasteiger partial charge in [0.05, 0.1) is 6.54 Å². The summed E-state index contributed by atoms with van der Waals surface area (Å²) in [4.78, 5) is 18.0. The van der Waals surface area contributed by atoms with Crippen LogP contribution in [-0.4, -0.2) is 29.9 Å². The highest BCUT2D eigenvalue weighted by atomic mass is 16.2. The first kappa shape index (κ1) is 8.47. The first-order valence-electron chi connectivity index (χ1n) is 5.03. The Bertz CT molecular complexity index is 427. The van der Waals surface area contributed by atoms with Gasteiger partial charge in [-0.05, 0) is 5.56 Å². The zero-order valence-corrected chi connectivity index (χ0v) is 8.18. The molecule has 0 radical (unpaired) electrons. The van der Waals surface area contributed by atoms with Crippen LogP contribution < -0.4 is 5.32 Å². The lowest BCUT2D eigenvalue weighted by atomic mass is 10.1. The van der Waals surface area contributed by atoms with Crippen molar-refractivity contribution in [3.05, 3.63) is 35.9 Å². The number of carbonyl (C=O) groups excluding carboxylic acids is 1. The van der Waals surface area contributed by atoms with Gasteiger partial charge in [0.1, 0.15) is 6.04 Å². The number of rotatable bonds is 1. The normalized spacial score (nSPS) is 23.7. The van der Waals surface area contributed by atoms with E-state index in [1.807, 2.05) is 35.2 Å². The summed E-state index contributed by atoms with van der Waals surface area (Å²) >= 11 is 0. The standard InChI is InChI=1S/C11H11N3O/c15-10-9(8-4-2-1-3-5-8)14-7-6-12-11(14)13-10/h1-5,9H,6-7H2,(H,12,13,15). The van der Waals surface area contributed by atoms with Gasteiger partial charge in [-0.3, -0.25) is 15.1 Å². The molecule has 0 saturated carbocycles. The molecule has 2 aliphatic heterocycles. The molecular formula is C11H11N3O. The Morgan fingerprint density at radius 2 is 2.13 bits per heavy atom. The molecule has 1 unspecified atom stereocenters. The van der Waals surface area contributed by atoms with Gasteiger partial charge >= 0.3 is 0 Å². The number of fused-ring (bicyclic) bond motifs is 1. The maximum atomic E-state index is 11.8. The van der Waals surface area contributed by atoms with E-state index >= 15 is 0 Å². The Morgan fingerprint density at radius 3 is 2.93 bits per heavy atom. The smallest absolute Gasteiger partial charge is 0.254 e. The van der Waals surface area contributed by atoms with E-state index in [9.17, 15) is 4.79 Å². The fourth-order valence-electron chi connectivity index (χ4n) is 2.11. The minimum Gasteiger partial charge on any atom is -0.325 e. The van der Waals surface area contributed by atoms with Gasteiger partial charge in [-0.1, -0.05) is 30.3 Å². The van der Waals surface area contributed by atoms with E-state index in [2.05, 4.69) is 10.3 Å². The molecule has 4 nitrogen and oxygen atoms in total. The molecule has 4 heteroatoms. The molecule has 1 amide bonds. The van der Waals surface area contributed by atoms with Gasteiger partial charge in [0.25, 0.3) is 5.91 Å². The number of hydrogen-bond acceptors (Lipinski definition) is 3. The number of nitrogens with zero attached hydrogens (tertiary/aromatic N) is 2. The molecule has 1 fully saturated rings. The van der Waals surface area contributed by atoms with Crippen LogP contribution in [0.3, 0.4) is 0 Å². The van der Waals surface area contributed by atoms with E-state index in [0.717, 1.165) is 24.6 Å². The Balaban J connectivity index is 2.00. The maximum Gasteiger partial charge on any atom is 0.254 e. The molecule has 0 spiro atoms. The van der Waals surface area contributed by atoms with Crippen molar-refractivity contribution in [2.45, 2.75) is 6.04 Å². The highest BCUT2D eigenvalue weighted by Crippen LogP contribution is 2.27. The summed E-state index contributed by atoms with van der Waals surface area (Å²) in [5.41, 5.74) is 1.03. The quantitative estimate of drug-likeness (QED) is 0.720. The second-order valence-electron chi connectivity index (χ2n) is 3.70. The second-order valence-corrected chi connectivity index (χ2v) is 3.70. The maximum absolute atomic E-state index is 11.8. The summed E-state index contributed by atoms with van der Waals surface area (Å²) in [5.74, 6) is 0.758. The first-order valence-corrected chi connectivity index (χ1v) is 5.03. The predicted molar refractivity (Wildman–Crippen MR) is 56.3 cm³/mol. The van der Waals surface area contributed by atoms with Crippen LogP contribution in [0.5, 0.6) is 0 Å². The summed E-state index contributed by atoms with van der Waals surface area (Å²) in [7, 11) is 0. The van der Waals surface area contributed by atoms with Crippen LogP contribution in [-0.2, 0) is 4.79 Å². The molecule has 0 aromatic heterocycles. The molecule has 0 bridgehead atoms. The average Bonchev–Trinajstić information content (AvgIpc) is 2.78. The third-order valence-corrected chi connectivity index (χ3v) is 2.78. The topological polar surface area (TPSA) is 44.7 Å². The van der Waals surface area contributed by atoms with Crippen LogP contribution in [0.25, 0.3) is 0 Å². The first-order chi connectivity index (χ1) is 7.36. The van der Waals surface area contributed by atoms with Crippen molar-refractivity contribution in [1.82, 2.24) is 10.2 Å². The van der Waals surface area contributed by atoms with Crippen molar-refractivity contribution >= 4 is 11.9 Å². The Kier molecular flexibility index (Phi) is 1.74. The van der Waals surface area contributed by atoms with Crippen molar-refractivity contribution in [3.63, 3.8) is 0 Å². The van der Waals surface area contributed by atoms with Crippen molar-refractivity contribution in [3.8, 4) is 0 Å². The number of hydrogen-bond donors (Lipinski definition) is 1. The third-order valence-electron chi connectivity index (χ3n) is 2.78. The molecule has 15 heavy (non-hydrogen) atoms. The molecular weight excluding hydrogens is 190 g/mol. The zero-order chi connectivity index (χ0) is 10.3. The van der Waals surface area contributed by atoms with E-state index in [-0.39, 0.29) is 11.9 Å². The molecule has 3 rings (SSSR count). The molecule has 76 valence electrons. The van der Waals surface area contributed by atoms with Gasteiger partial charge in [-0.15, -0.1) is 0 Å². The molecule has 2 aliphatic rings.